The predicted octanol–water partition coefficient (Wildman–Crippen LogP) is -0.217. The summed E-state index contributed by atoms with van der Waals surface area (Å²) in [5.74, 6) is -0.0724. The quantitative estimate of drug-likeness (QED) is 0.674. The first kappa shape index (κ1) is 12.0. The number of nitrogens with zero attached hydrogens (tertiary/aromatic N) is 1. The van der Waals surface area contributed by atoms with Crippen molar-refractivity contribution in [3.8, 4) is 6.07 Å². The third-order valence-corrected chi connectivity index (χ3v) is 2.42. The fraction of sp³-hybridized carbons (Fsp3) is 0.800. The lowest BCUT2D eigenvalue weighted by molar-refractivity contribution is -0.126. The Kier molecular flexibility index (Phi) is 5.08. The molecule has 0 saturated carbocycles. The number of ether oxygens (including phenoxy) is 1. The largest absolute Gasteiger partial charge is 0.378 e. The summed E-state index contributed by atoms with van der Waals surface area (Å²) >= 11 is 0. The molecule has 84 valence electrons. The van der Waals surface area contributed by atoms with Gasteiger partial charge in [-0.2, -0.15) is 5.26 Å². The number of carbonyl (C=O) groups is 1. The Morgan fingerprint density at radius 1 is 1.80 bits per heavy atom. The van der Waals surface area contributed by atoms with Crippen LogP contribution < -0.4 is 10.6 Å². The zero-order chi connectivity index (χ0) is 11.1. The first-order valence-electron chi connectivity index (χ1n) is 5.26. The number of morpholine rings is 1. The van der Waals surface area contributed by atoms with Gasteiger partial charge in [0.15, 0.2) is 0 Å². The molecule has 0 bridgehead atoms. The Balaban J connectivity index is 2.35. The van der Waals surface area contributed by atoms with Gasteiger partial charge in [0.1, 0.15) is 6.04 Å². The van der Waals surface area contributed by atoms with E-state index in [4.69, 9.17) is 10.00 Å². The van der Waals surface area contributed by atoms with Crippen molar-refractivity contribution in [3.05, 3.63) is 0 Å². The van der Waals surface area contributed by atoms with Crippen LogP contribution in [0.1, 0.15) is 19.8 Å². The molecule has 15 heavy (non-hydrogen) atoms. The van der Waals surface area contributed by atoms with Gasteiger partial charge >= 0.3 is 0 Å². The van der Waals surface area contributed by atoms with Crippen LogP contribution in [0.5, 0.6) is 0 Å². The van der Waals surface area contributed by atoms with E-state index in [9.17, 15) is 4.79 Å². The van der Waals surface area contributed by atoms with Crippen molar-refractivity contribution in [2.45, 2.75) is 31.8 Å². The maximum absolute atomic E-state index is 11.7. The lowest BCUT2D eigenvalue weighted by atomic mass is 10.1. The number of hydrogen-bond acceptors (Lipinski definition) is 4. The topological polar surface area (TPSA) is 74.2 Å². The summed E-state index contributed by atoms with van der Waals surface area (Å²) in [4.78, 5) is 11.7. The van der Waals surface area contributed by atoms with Crippen LogP contribution >= 0.6 is 0 Å². The summed E-state index contributed by atoms with van der Waals surface area (Å²) in [7, 11) is 0. The molecule has 5 heteroatoms. The summed E-state index contributed by atoms with van der Waals surface area (Å²) < 4.78 is 5.19. The highest BCUT2D eigenvalue weighted by molar-refractivity contribution is 5.82. The van der Waals surface area contributed by atoms with Crippen LogP contribution in [0.15, 0.2) is 0 Å². The highest BCUT2D eigenvalue weighted by Gasteiger charge is 2.22. The van der Waals surface area contributed by atoms with Crippen LogP contribution in [0.4, 0.5) is 0 Å². The highest BCUT2D eigenvalue weighted by atomic mass is 16.5. The molecule has 0 aliphatic carbocycles. The molecule has 1 rings (SSSR count). The number of hydrogen-bond donors (Lipinski definition) is 2. The van der Waals surface area contributed by atoms with Crippen LogP contribution in [0, 0.1) is 11.3 Å². The van der Waals surface area contributed by atoms with E-state index in [1.807, 2.05) is 6.92 Å². The van der Waals surface area contributed by atoms with Gasteiger partial charge in [0.2, 0.25) is 5.91 Å². The average molecular weight is 211 g/mol. The SMILES string of the molecule is CCC(CC#N)NC(=O)C1COCCN1. The Labute approximate surface area is 89.8 Å². The molecule has 1 heterocycles. The summed E-state index contributed by atoms with van der Waals surface area (Å²) in [6.45, 7) is 3.72. The highest BCUT2D eigenvalue weighted by Crippen LogP contribution is 1.99. The normalized spacial score (nSPS) is 22.8. The van der Waals surface area contributed by atoms with E-state index in [0.29, 0.717) is 26.2 Å². The zero-order valence-corrected chi connectivity index (χ0v) is 8.95. The molecule has 0 aromatic carbocycles. The summed E-state index contributed by atoms with van der Waals surface area (Å²) in [5.41, 5.74) is 0. The molecular weight excluding hydrogens is 194 g/mol. The summed E-state index contributed by atoms with van der Waals surface area (Å²) in [6.07, 6.45) is 1.13. The van der Waals surface area contributed by atoms with E-state index in [1.165, 1.54) is 0 Å². The summed E-state index contributed by atoms with van der Waals surface area (Å²) in [5, 5.41) is 14.5. The fourth-order valence-electron chi connectivity index (χ4n) is 1.44. The predicted molar refractivity (Wildman–Crippen MR) is 55.1 cm³/mol. The molecular formula is C10H17N3O2. The zero-order valence-electron chi connectivity index (χ0n) is 8.95. The Morgan fingerprint density at radius 3 is 3.13 bits per heavy atom. The summed E-state index contributed by atoms with van der Waals surface area (Å²) in [6, 6.07) is 1.74. The van der Waals surface area contributed by atoms with E-state index < -0.39 is 0 Å². The molecule has 0 aromatic heterocycles. The van der Waals surface area contributed by atoms with Gasteiger partial charge in [-0.05, 0) is 6.42 Å². The molecule has 0 aromatic rings. The minimum Gasteiger partial charge on any atom is -0.378 e. The van der Waals surface area contributed by atoms with Crippen LogP contribution in [0.25, 0.3) is 0 Å². The monoisotopic (exact) mass is 211 g/mol. The molecule has 2 atom stereocenters. The van der Waals surface area contributed by atoms with E-state index >= 15 is 0 Å². The molecule has 1 fully saturated rings. The minimum atomic E-state index is -0.272. The van der Waals surface area contributed by atoms with Crippen molar-refractivity contribution in [2.24, 2.45) is 0 Å². The molecule has 1 saturated heterocycles. The second-order valence-corrected chi connectivity index (χ2v) is 3.56. The third kappa shape index (κ3) is 3.86. The Hall–Kier alpha value is -1.12. The van der Waals surface area contributed by atoms with Crippen molar-refractivity contribution in [1.29, 1.82) is 5.26 Å². The maximum atomic E-state index is 11.7. The smallest absolute Gasteiger partial charge is 0.239 e. The molecule has 1 amide bonds. The van der Waals surface area contributed by atoms with Crippen molar-refractivity contribution in [2.75, 3.05) is 19.8 Å². The standard InChI is InChI=1S/C10H17N3O2/c1-2-8(3-4-11)13-10(14)9-7-15-6-5-12-9/h8-9,12H,2-3,5-7H2,1H3,(H,13,14). The first-order chi connectivity index (χ1) is 7.27. The second kappa shape index (κ2) is 6.38. The lowest BCUT2D eigenvalue weighted by Gasteiger charge is -2.24. The van der Waals surface area contributed by atoms with Gasteiger partial charge in [0, 0.05) is 12.6 Å². The second-order valence-electron chi connectivity index (χ2n) is 3.56. The van der Waals surface area contributed by atoms with Crippen LogP contribution in [-0.4, -0.2) is 37.7 Å². The van der Waals surface area contributed by atoms with Crippen LogP contribution in [0.3, 0.4) is 0 Å². The van der Waals surface area contributed by atoms with Crippen LogP contribution in [-0.2, 0) is 9.53 Å². The van der Waals surface area contributed by atoms with Crippen LogP contribution in [0.2, 0.25) is 0 Å². The molecule has 5 nitrogen and oxygen atoms in total. The van der Waals surface area contributed by atoms with Gasteiger partial charge in [-0.15, -0.1) is 0 Å². The number of amides is 1. The number of rotatable bonds is 4. The van der Waals surface area contributed by atoms with Crippen molar-refractivity contribution in [1.82, 2.24) is 10.6 Å². The minimum absolute atomic E-state index is 0.0498. The third-order valence-electron chi connectivity index (χ3n) is 2.42. The van der Waals surface area contributed by atoms with Gasteiger partial charge in [-0.1, -0.05) is 6.92 Å². The Morgan fingerprint density at radius 2 is 2.60 bits per heavy atom. The number of nitriles is 1. The van der Waals surface area contributed by atoms with Crippen molar-refractivity contribution >= 4 is 5.91 Å². The van der Waals surface area contributed by atoms with Gasteiger partial charge in [0.25, 0.3) is 0 Å². The maximum Gasteiger partial charge on any atom is 0.239 e. The number of nitrogens with one attached hydrogen (secondary N) is 2. The van der Waals surface area contributed by atoms with Gasteiger partial charge < -0.3 is 15.4 Å². The van der Waals surface area contributed by atoms with E-state index in [-0.39, 0.29) is 18.0 Å². The number of carbonyl (C=O) groups excluding carboxylic acids is 1. The van der Waals surface area contributed by atoms with Gasteiger partial charge in [-0.25, -0.2) is 0 Å². The molecule has 2 unspecified atom stereocenters. The van der Waals surface area contributed by atoms with E-state index in [1.54, 1.807) is 0 Å². The molecule has 1 aliphatic heterocycles. The van der Waals surface area contributed by atoms with E-state index in [0.717, 1.165) is 6.42 Å². The lowest BCUT2D eigenvalue weighted by Crippen LogP contribution is -2.53. The molecule has 0 spiro atoms. The first-order valence-corrected chi connectivity index (χ1v) is 5.26. The molecule has 0 radical (unpaired) electrons. The van der Waals surface area contributed by atoms with Crippen molar-refractivity contribution in [3.63, 3.8) is 0 Å². The van der Waals surface area contributed by atoms with Gasteiger partial charge in [0.05, 0.1) is 25.7 Å². The molecule has 1 aliphatic rings. The fourth-order valence-corrected chi connectivity index (χ4v) is 1.44. The van der Waals surface area contributed by atoms with Crippen molar-refractivity contribution < 1.29 is 9.53 Å². The average Bonchev–Trinajstić information content (AvgIpc) is 2.29. The van der Waals surface area contributed by atoms with Gasteiger partial charge in [-0.3, -0.25) is 4.79 Å². The van der Waals surface area contributed by atoms with E-state index in [2.05, 4.69) is 16.7 Å². The Bertz CT molecular complexity index is 244. The molecule has 2 N–H and O–H groups in total.